The SMILES string of the molecule is C=CCNC(=S)N/N=C\c1cccc(Cl)c1Cl. The van der Waals surface area contributed by atoms with Crippen molar-refractivity contribution in [3.8, 4) is 0 Å². The molecule has 0 radical (unpaired) electrons. The van der Waals surface area contributed by atoms with Gasteiger partial charge in [0.2, 0.25) is 0 Å². The predicted molar refractivity (Wildman–Crippen MR) is 78.0 cm³/mol. The first-order chi connectivity index (χ1) is 8.15. The lowest BCUT2D eigenvalue weighted by atomic mass is 10.2. The summed E-state index contributed by atoms with van der Waals surface area (Å²) in [5.41, 5.74) is 3.37. The minimum atomic E-state index is 0.416. The zero-order chi connectivity index (χ0) is 12.7. The standard InChI is InChI=1S/C11H11Cl2N3S/c1-2-6-14-11(17)16-15-7-8-4-3-5-9(12)10(8)13/h2-5,7H,1,6H2,(H2,14,16,17)/b15-7-. The molecule has 0 amide bonds. The van der Waals surface area contributed by atoms with E-state index in [9.17, 15) is 0 Å². The minimum Gasteiger partial charge on any atom is -0.358 e. The van der Waals surface area contributed by atoms with E-state index in [-0.39, 0.29) is 0 Å². The van der Waals surface area contributed by atoms with Gasteiger partial charge in [0, 0.05) is 12.1 Å². The van der Waals surface area contributed by atoms with Gasteiger partial charge in [0.15, 0.2) is 5.11 Å². The summed E-state index contributed by atoms with van der Waals surface area (Å²) in [6, 6.07) is 5.31. The Morgan fingerprint density at radius 2 is 2.24 bits per heavy atom. The monoisotopic (exact) mass is 287 g/mol. The van der Waals surface area contributed by atoms with Gasteiger partial charge in [0.25, 0.3) is 0 Å². The normalized spacial score (nSPS) is 10.2. The summed E-state index contributed by atoms with van der Waals surface area (Å²) in [6.07, 6.45) is 3.25. The summed E-state index contributed by atoms with van der Waals surface area (Å²) in [5, 5.41) is 8.18. The van der Waals surface area contributed by atoms with Crippen LogP contribution in [0, 0.1) is 0 Å². The molecule has 3 nitrogen and oxygen atoms in total. The van der Waals surface area contributed by atoms with Crippen LogP contribution < -0.4 is 10.7 Å². The van der Waals surface area contributed by atoms with Gasteiger partial charge >= 0.3 is 0 Å². The number of thiocarbonyl (C=S) groups is 1. The van der Waals surface area contributed by atoms with Gasteiger partial charge in [-0.05, 0) is 18.3 Å². The second-order valence-electron chi connectivity index (χ2n) is 3.01. The molecule has 0 aromatic heterocycles. The highest BCUT2D eigenvalue weighted by atomic mass is 35.5. The third-order valence-electron chi connectivity index (χ3n) is 1.76. The molecule has 0 saturated heterocycles. The van der Waals surface area contributed by atoms with Crippen LogP contribution in [0.4, 0.5) is 0 Å². The van der Waals surface area contributed by atoms with Gasteiger partial charge in [-0.3, -0.25) is 5.43 Å². The Hall–Kier alpha value is -1.10. The fourth-order valence-electron chi connectivity index (χ4n) is 0.985. The largest absolute Gasteiger partial charge is 0.358 e. The van der Waals surface area contributed by atoms with Crippen LogP contribution in [0.15, 0.2) is 36.0 Å². The summed E-state index contributed by atoms with van der Waals surface area (Å²) in [4.78, 5) is 0. The fraction of sp³-hybridized carbons (Fsp3) is 0.0909. The molecule has 0 heterocycles. The molecular weight excluding hydrogens is 277 g/mol. The molecule has 0 saturated carbocycles. The Morgan fingerprint density at radius 3 is 2.94 bits per heavy atom. The first-order valence-corrected chi connectivity index (χ1v) is 5.93. The van der Waals surface area contributed by atoms with Crippen LogP contribution in [-0.4, -0.2) is 17.9 Å². The van der Waals surface area contributed by atoms with Crippen molar-refractivity contribution in [3.63, 3.8) is 0 Å². The summed E-state index contributed by atoms with van der Waals surface area (Å²) >= 11 is 16.8. The van der Waals surface area contributed by atoms with E-state index in [1.807, 2.05) is 0 Å². The Bertz CT molecular complexity index is 446. The summed E-state index contributed by atoms with van der Waals surface area (Å²) in [7, 11) is 0. The van der Waals surface area contributed by atoms with Crippen LogP contribution in [-0.2, 0) is 0 Å². The predicted octanol–water partition coefficient (Wildman–Crippen LogP) is 2.98. The third-order valence-corrected chi connectivity index (χ3v) is 2.83. The maximum absolute atomic E-state index is 5.98. The molecule has 90 valence electrons. The molecule has 1 rings (SSSR count). The Kier molecular flexibility index (Phi) is 5.97. The lowest BCUT2D eigenvalue weighted by Crippen LogP contribution is -2.31. The molecular formula is C11H11Cl2N3S. The molecule has 0 spiro atoms. The number of benzene rings is 1. The van der Waals surface area contributed by atoms with Gasteiger partial charge in [-0.2, -0.15) is 5.10 Å². The van der Waals surface area contributed by atoms with E-state index in [0.717, 1.165) is 5.56 Å². The zero-order valence-corrected chi connectivity index (χ0v) is 11.2. The van der Waals surface area contributed by atoms with Crippen molar-refractivity contribution in [1.29, 1.82) is 0 Å². The molecule has 0 unspecified atom stereocenters. The second-order valence-corrected chi connectivity index (χ2v) is 4.21. The number of hydrazone groups is 1. The average Bonchev–Trinajstić information content (AvgIpc) is 2.32. The molecule has 0 aliphatic carbocycles. The highest BCUT2D eigenvalue weighted by Crippen LogP contribution is 2.23. The molecule has 1 aromatic rings. The molecule has 17 heavy (non-hydrogen) atoms. The first kappa shape index (κ1) is 14.0. The van der Waals surface area contributed by atoms with Gasteiger partial charge in [-0.15, -0.1) is 6.58 Å². The zero-order valence-electron chi connectivity index (χ0n) is 8.91. The van der Waals surface area contributed by atoms with E-state index in [4.69, 9.17) is 35.4 Å². The number of rotatable bonds is 4. The Labute approximate surface area is 115 Å². The highest BCUT2D eigenvalue weighted by Gasteiger charge is 2.01. The molecule has 0 fully saturated rings. The number of nitrogens with one attached hydrogen (secondary N) is 2. The van der Waals surface area contributed by atoms with Crippen molar-refractivity contribution in [2.45, 2.75) is 0 Å². The molecule has 6 heteroatoms. The highest BCUT2D eigenvalue weighted by molar-refractivity contribution is 7.80. The molecule has 0 atom stereocenters. The summed E-state index contributed by atoms with van der Waals surface area (Å²) < 4.78 is 0. The lowest BCUT2D eigenvalue weighted by molar-refractivity contribution is 0.942. The Morgan fingerprint density at radius 1 is 1.47 bits per heavy atom. The van der Waals surface area contributed by atoms with Crippen molar-refractivity contribution in [2.24, 2.45) is 5.10 Å². The molecule has 0 aliphatic rings. The van der Waals surface area contributed by atoms with Gasteiger partial charge < -0.3 is 5.32 Å². The second kappa shape index (κ2) is 7.27. The van der Waals surface area contributed by atoms with Crippen LogP contribution in [0.3, 0.4) is 0 Å². The van der Waals surface area contributed by atoms with E-state index >= 15 is 0 Å². The van der Waals surface area contributed by atoms with Crippen LogP contribution in [0.5, 0.6) is 0 Å². The number of halogens is 2. The quantitative estimate of drug-likeness (QED) is 0.387. The lowest BCUT2D eigenvalue weighted by Gasteiger charge is -2.03. The van der Waals surface area contributed by atoms with Crippen molar-refractivity contribution in [2.75, 3.05) is 6.54 Å². The van der Waals surface area contributed by atoms with E-state index in [2.05, 4.69) is 22.4 Å². The maximum Gasteiger partial charge on any atom is 0.187 e. The number of nitrogens with zero attached hydrogens (tertiary/aromatic N) is 1. The smallest absolute Gasteiger partial charge is 0.187 e. The van der Waals surface area contributed by atoms with Crippen molar-refractivity contribution >= 4 is 46.7 Å². The van der Waals surface area contributed by atoms with Gasteiger partial charge in [-0.25, -0.2) is 0 Å². The first-order valence-electron chi connectivity index (χ1n) is 4.77. The van der Waals surface area contributed by atoms with Crippen molar-refractivity contribution in [1.82, 2.24) is 10.7 Å². The Balaban J connectivity index is 2.56. The van der Waals surface area contributed by atoms with Crippen molar-refractivity contribution in [3.05, 3.63) is 46.5 Å². The minimum absolute atomic E-state index is 0.416. The van der Waals surface area contributed by atoms with Gasteiger partial charge in [0.1, 0.15) is 0 Å². The fourth-order valence-corrected chi connectivity index (χ4v) is 1.48. The van der Waals surface area contributed by atoms with Crippen LogP contribution in [0.1, 0.15) is 5.56 Å². The third kappa shape index (κ3) is 4.73. The van der Waals surface area contributed by atoms with E-state index in [0.29, 0.717) is 21.7 Å². The van der Waals surface area contributed by atoms with Gasteiger partial charge in [-0.1, -0.05) is 41.4 Å². The van der Waals surface area contributed by atoms with Gasteiger partial charge in [0.05, 0.1) is 16.3 Å². The molecule has 2 N–H and O–H groups in total. The van der Waals surface area contributed by atoms with Crippen LogP contribution in [0.2, 0.25) is 10.0 Å². The summed E-state index contributed by atoms with van der Waals surface area (Å²) in [5.74, 6) is 0. The summed E-state index contributed by atoms with van der Waals surface area (Å²) in [6.45, 7) is 4.14. The van der Waals surface area contributed by atoms with Crippen LogP contribution in [0.25, 0.3) is 0 Å². The van der Waals surface area contributed by atoms with E-state index < -0.39 is 0 Å². The van der Waals surface area contributed by atoms with Crippen LogP contribution >= 0.6 is 35.4 Å². The van der Waals surface area contributed by atoms with Crippen molar-refractivity contribution < 1.29 is 0 Å². The molecule has 0 bridgehead atoms. The molecule has 0 aliphatic heterocycles. The maximum atomic E-state index is 5.98. The number of hydrogen-bond donors (Lipinski definition) is 2. The topological polar surface area (TPSA) is 36.4 Å². The van der Waals surface area contributed by atoms with E-state index in [1.54, 1.807) is 30.5 Å². The average molecular weight is 288 g/mol. The number of hydrogen-bond acceptors (Lipinski definition) is 2. The van der Waals surface area contributed by atoms with E-state index in [1.165, 1.54) is 0 Å². The molecule has 1 aromatic carbocycles.